The zero-order valence-corrected chi connectivity index (χ0v) is 10.1. The molecule has 0 saturated carbocycles. The normalized spacial score (nSPS) is 17.4. The van der Waals surface area contributed by atoms with E-state index in [1.165, 1.54) is 0 Å². The topological polar surface area (TPSA) is 45.9 Å². The molecule has 0 unspecified atom stereocenters. The molecule has 0 aromatic carbocycles. The summed E-state index contributed by atoms with van der Waals surface area (Å²) in [7, 11) is 1.55. The number of furan rings is 1. The highest BCUT2D eigenvalue weighted by Gasteiger charge is 2.21. The summed E-state index contributed by atoms with van der Waals surface area (Å²) in [5, 5.41) is 0. The fraction of sp³-hybridized carbons (Fsp3) is 0.583. The summed E-state index contributed by atoms with van der Waals surface area (Å²) in [4.78, 5) is 15.7. The molecule has 17 heavy (non-hydrogen) atoms. The van der Waals surface area contributed by atoms with E-state index in [-0.39, 0.29) is 12.5 Å². The van der Waals surface area contributed by atoms with E-state index in [1.54, 1.807) is 13.4 Å². The molecule has 5 heteroatoms. The lowest BCUT2D eigenvalue weighted by atomic mass is 10.3. The van der Waals surface area contributed by atoms with Crippen LogP contribution in [0.1, 0.15) is 5.76 Å². The van der Waals surface area contributed by atoms with Crippen LogP contribution >= 0.6 is 0 Å². The van der Waals surface area contributed by atoms with Crippen molar-refractivity contribution in [1.82, 2.24) is 9.80 Å². The largest absolute Gasteiger partial charge is 0.468 e. The van der Waals surface area contributed by atoms with Crippen molar-refractivity contribution in [2.45, 2.75) is 6.54 Å². The van der Waals surface area contributed by atoms with Gasteiger partial charge >= 0.3 is 0 Å². The number of nitrogens with zero attached hydrogens (tertiary/aromatic N) is 2. The molecule has 0 N–H and O–H groups in total. The molecule has 1 aliphatic rings. The molecule has 1 amide bonds. The third-order valence-corrected chi connectivity index (χ3v) is 2.95. The summed E-state index contributed by atoms with van der Waals surface area (Å²) < 4.78 is 10.2. The summed E-state index contributed by atoms with van der Waals surface area (Å²) in [5.74, 6) is 1.05. The minimum Gasteiger partial charge on any atom is -0.468 e. The van der Waals surface area contributed by atoms with Gasteiger partial charge in [-0.05, 0) is 12.1 Å². The molecular formula is C12H18N2O3. The van der Waals surface area contributed by atoms with Crippen molar-refractivity contribution in [2.24, 2.45) is 0 Å². The molecular weight excluding hydrogens is 220 g/mol. The minimum absolute atomic E-state index is 0.0742. The van der Waals surface area contributed by atoms with Crippen LogP contribution in [0.25, 0.3) is 0 Å². The van der Waals surface area contributed by atoms with Gasteiger partial charge < -0.3 is 14.1 Å². The van der Waals surface area contributed by atoms with Crippen molar-refractivity contribution >= 4 is 5.91 Å². The number of rotatable bonds is 4. The third-order valence-electron chi connectivity index (χ3n) is 2.95. The Morgan fingerprint density at radius 1 is 1.41 bits per heavy atom. The van der Waals surface area contributed by atoms with Gasteiger partial charge in [-0.2, -0.15) is 0 Å². The van der Waals surface area contributed by atoms with Gasteiger partial charge in [0.15, 0.2) is 0 Å². The average molecular weight is 238 g/mol. The van der Waals surface area contributed by atoms with Gasteiger partial charge in [-0.1, -0.05) is 0 Å². The highest BCUT2D eigenvalue weighted by molar-refractivity contribution is 5.77. The number of ether oxygens (including phenoxy) is 1. The standard InChI is InChI=1S/C12H18N2O3/c1-16-10-12(15)14-6-4-13(5-7-14)9-11-3-2-8-17-11/h2-3,8H,4-7,9-10H2,1H3. The second-order valence-electron chi connectivity index (χ2n) is 4.17. The van der Waals surface area contributed by atoms with Gasteiger partial charge in [0, 0.05) is 33.3 Å². The molecule has 1 aromatic rings. The quantitative estimate of drug-likeness (QED) is 0.769. The van der Waals surface area contributed by atoms with Crippen LogP contribution in [-0.2, 0) is 16.1 Å². The number of hydrogen-bond donors (Lipinski definition) is 0. The molecule has 1 aliphatic heterocycles. The SMILES string of the molecule is COCC(=O)N1CCN(Cc2ccco2)CC1. The Morgan fingerprint density at radius 2 is 2.18 bits per heavy atom. The summed E-state index contributed by atoms with van der Waals surface area (Å²) in [6.07, 6.45) is 1.69. The van der Waals surface area contributed by atoms with Crippen LogP contribution in [0.15, 0.2) is 22.8 Å². The van der Waals surface area contributed by atoms with E-state index in [4.69, 9.17) is 9.15 Å². The van der Waals surface area contributed by atoms with Gasteiger partial charge in [-0.3, -0.25) is 9.69 Å². The molecule has 2 rings (SSSR count). The first kappa shape index (κ1) is 12.1. The van der Waals surface area contributed by atoms with Crippen molar-refractivity contribution in [3.63, 3.8) is 0 Å². The third kappa shape index (κ3) is 3.31. The zero-order chi connectivity index (χ0) is 12.1. The number of methoxy groups -OCH3 is 1. The van der Waals surface area contributed by atoms with Gasteiger partial charge in [0.2, 0.25) is 5.91 Å². The second-order valence-corrected chi connectivity index (χ2v) is 4.17. The second kappa shape index (κ2) is 5.84. The number of piperazine rings is 1. The summed E-state index contributed by atoms with van der Waals surface area (Å²) in [6, 6.07) is 3.87. The van der Waals surface area contributed by atoms with E-state index in [0.717, 1.165) is 38.5 Å². The molecule has 0 atom stereocenters. The lowest BCUT2D eigenvalue weighted by molar-refractivity contribution is -0.137. The summed E-state index contributed by atoms with van der Waals surface area (Å²) in [6.45, 7) is 4.30. The lowest BCUT2D eigenvalue weighted by Gasteiger charge is -2.34. The van der Waals surface area contributed by atoms with Crippen LogP contribution in [-0.4, -0.2) is 55.6 Å². The van der Waals surface area contributed by atoms with Crippen molar-refractivity contribution in [3.8, 4) is 0 Å². The Balaban J connectivity index is 1.76. The number of hydrogen-bond acceptors (Lipinski definition) is 4. The van der Waals surface area contributed by atoms with Crippen LogP contribution in [0.5, 0.6) is 0 Å². The van der Waals surface area contributed by atoms with Gasteiger partial charge in [-0.15, -0.1) is 0 Å². The maximum atomic E-state index is 11.6. The fourth-order valence-corrected chi connectivity index (χ4v) is 1.99. The first-order valence-corrected chi connectivity index (χ1v) is 5.81. The molecule has 1 saturated heterocycles. The number of amides is 1. The zero-order valence-electron chi connectivity index (χ0n) is 10.1. The summed E-state index contributed by atoms with van der Waals surface area (Å²) >= 11 is 0. The van der Waals surface area contributed by atoms with Crippen LogP contribution in [0.2, 0.25) is 0 Å². The lowest BCUT2D eigenvalue weighted by Crippen LogP contribution is -2.49. The van der Waals surface area contributed by atoms with E-state index in [0.29, 0.717) is 0 Å². The molecule has 2 heterocycles. The van der Waals surface area contributed by atoms with Gasteiger partial charge in [0.1, 0.15) is 12.4 Å². The highest BCUT2D eigenvalue weighted by Crippen LogP contribution is 2.09. The van der Waals surface area contributed by atoms with Crippen LogP contribution < -0.4 is 0 Å². The first-order chi connectivity index (χ1) is 8.29. The maximum Gasteiger partial charge on any atom is 0.248 e. The van der Waals surface area contributed by atoms with Gasteiger partial charge in [-0.25, -0.2) is 0 Å². The fourth-order valence-electron chi connectivity index (χ4n) is 1.99. The first-order valence-electron chi connectivity index (χ1n) is 5.81. The molecule has 0 bridgehead atoms. The van der Waals surface area contributed by atoms with Gasteiger partial charge in [0.25, 0.3) is 0 Å². The van der Waals surface area contributed by atoms with E-state index in [9.17, 15) is 4.79 Å². The predicted octanol–water partition coefficient (Wildman–Crippen LogP) is 0.570. The number of carbonyl (C=O) groups is 1. The predicted molar refractivity (Wildman–Crippen MR) is 62.4 cm³/mol. The van der Waals surface area contributed by atoms with Crippen LogP contribution in [0, 0.1) is 0 Å². The van der Waals surface area contributed by atoms with Crippen molar-refractivity contribution < 1.29 is 13.9 Å². The minimum atomic E-state index is 0.0742. The van der Waals surface area contributed by atoms with E-state index in [1.807, 2.05) is 17.0 Å². The van der Waals surface area contributed by atoms with Crippen LogP contribution in [0.4, 0.5) is 0 Å². The molecule has 0 radical (unpaired) electrons. The van der Waals surface area contributed by atoms with Crippen molar-refractivity contribution in [2.75, 3.05) is 39.9 Å². The van der Waals surface area contributed by atoms with Crippen LogP contribution in [0.3, 0.4) is 0 Å². The molecule has 5 nitrogen and oxygen atoms in total. The Bertz CT molecular complexity index is 343. The highest BCUT2D eigenvalue weighted by atomic mass is 16.5. The van der Waals surface area contributed by atoms with Gasteiger partial charge in [0.05, 0.1) is 12.8 Å². The smallest absolute Gasteiger partial charge is 0.248 e. The molecule has 1 aromatic heterocycles. The Hall–Kier alpha value is -1.33. The van der Waals surface area contributed by atoms with Crippen molar-refractivity contribution in [3.05, 3.63) is 24.2 Å². The Morgan fingerprint density at radius 3 is 2.76 bits per heavy atom. The van der Waals surface area contributed by atoms with E-state index in [2.05, 4.69) is 4.90 Å². The average Bonchev–Trinajstić information content (AvgIpc) is 2.83. The van der Waals surface area contributed by atoms with E-state index < -0.39 is 0 Å². The number of carbonyl (C=O) groups excluding carboxylic acids is 1. The molecule has 0 aliphatic carbocycles. The molecule has 0 spiro atoms. The maximum absolute atomic E-state index is 11.6. The Kier molecular flexibility index (Phi) is 4.17. The summed E-state index contributed by atoms with van der Waals surface area (Å²) in [5.41, 5.74) is 0. The Labute approximate surface area is 101 Å². The molecule has 94 valence electrons. The molecule has 1 fully saturated rings. The van der Waals surface area contributed by atoms with Crippen molar-refractivity contribution in [1.29, 1.82) is 0 Å². The monoisotopic (exact) mass is 238 g/mol. The van der Waals surface area contributed by atoms with E-state index >= 15 is 0 Å².